The van der Waals surface area contributed by atoms with E-state index in [1.54, 1.807) is 36.4 Å². The summed E-state index contributed by atoms with van der Waals surface area (Å²) in [7, 11) is 0. The minimum Gasteiger partial charge on any atom is -0.476 e. The molecule has 300 valence electrons. The summed E-state index contributed by atoms with van der Waals surface area (Å²) >= 11 is 0. The van der Waals surface area contributed by atoms with E-state index in [9.17, 15) is 45.5 Å². The van der Waals surface area contributed by atoms with Crippen molar-refractivity contribution < 1.29 is 50.6 Å². The molecule has 13 nitrogen and oxygen atoms in total. The fourth-order valence-electron chi connectivity index (χ4n) is 5.98. The molecule has 4 N–H and O–H groups in total. The van der Waals surface area contributed by atoms with E-state index in [4.69, 9.17) is 10.8 Å². The number of fused-ring (bicyclic) bond motifs is 2. The second-order valence-corrected chi connectivity index (χ2v) is 12.5. The first kappa shape index (κ1) is 40.9. The zero-order chi connectivity index (χ0) is 42.5. The maximum atomic E-state index is 13.0. The SMILES string of the molecule is Nc1cccc2c1C(=O)N(c1cccc(C(F)(F)F)c1)C2.O=C(Nc1cccc2c1C(=O)N(c1cccc(C(F)(F)F)c1)C2)c1cnccn1.O=C(O)c1cnccn1. The van der Waals surface area contributed by atoms with E-state index in [0.29, 0.717) is 16.8 Å². The van der Waals surface area contributed by atoms with Gasteiger partial charge in [0.2, 0.25) is 0 Å². The monoisotopic (exact) mass is 814 g/mol. The van der Waals surface area contributed by atoms with Crippen LogP contribution in [0.3, 0.4) is 0 Å². The van der Waals surface area contributed by atoms with Crippen LogP contribution < -0.4 is 20.9 Å². The number of nitrogens with two attached hydrogens (primary N) is 1. The zero-order valence-corrected chi connectivity index (χ0v) is 30.1. The van der Waals surface area contributed by atoms with Crippen LogP contribution in [0.15, 0.2) is 122 Å². The molecule has 0 atom stereocenters. The number of nitrogens with one attached hydrogen (secondary N) is 1. The van der Waals surface area contributed by atoms with Crippen molar-refractivity contribution in [1.82, 2.24) is 19.9 Å². The Bertz CT molecular complexity index is 2540. The highest BCUT2D eigenvalue weighted by Crippen LogP contribution is 2.38. The number of halogens is 6. The second-order valence-electron chi connectivity index (χ2n) is 12.5. The minimum absolute atomic E-state index is 0.0301. The molecule has 19 heteroatoms. The lowest BCUT2D eigenvalue weighted by Crippen LogP contribution is -2.24. The van der Waals surface area contributed by atoms with Crippen molar-refractivity contribution in [2.45, 2.75) is 25.4 Å². The molecule has 0 radical (unpaired) electrons. The first-order valence-corrected chi connectivity index (χ1v) is 17.1. The predicted octanol–water partition coefficient (Wildman–Crippen LogP) is 7.53. The molecule has 0 saturated heterocycles. The van der Waals surface area contributed by atoms with Gasteiger partial charge in [0.1, 0.15) is 5.69 Å². The Kier molecular flexibility index (Phi) is 11.7. The molecule has 4 heterocycles. The van der Waals surface area contributed by atoms with E-state index < -0.39 is 41.3 Å². The van der Waals surface area contributed by atoms with Gasteiger partial charge in [0, 0.05) is 41.8 Å². The molecule has 2 aliphatic rings. The molecular formula is C40H28F6N8O5. The average molecular weight is 815 g/mol. The van der Waals surface area contributed by atoms with E-state index in [1.807, 2.05) is 0 Å². The summed E-state index contributed by atoms with van der Waals surface area (Å²) < 4.78 is 77.3. The van der Waals surface area contributed by atoms with Gasteiger partial charge in [0.25, 0.3) is 17.7 Å². The first-order valence-electron chi connectivity index (χ1n) is 17.1. The number of nitrogens with zero attached hydrogens (tertiary/aromatic N) is 6. The van der Waals surface area contributed by atoms with Gasteiger partial charge in [-0.3, -0.25) is 24.4 Å². The number of rotatable bonds is 5. The van der Waals surface area contributed by atoms with Crippen LogP contribution in [0.1, 0.15) is 63.9 Å². The molecule has 6 aromatic rings. The summed E-state index contributed by atoms with van der Waals surface area (Å²) in [6.07, 6.45) is -0.919. The van der Waals surface area contributed by atoms with Gasteiger partial charge in [-0.05, 0) is 59.7 Å². The van der Waals surface area contributed by atoms with Crippen LogP contribution in [0.5, 0.6) is 0 Å². The predicted molar refractivity (Wildman–Crippen MR) is 200 cm³/mol. The smallest absolute Gasteiger partial charge is 0.416 e. The van der Waals surface area contributed by atoms with Crippen LogP contribution in [0.2, 0.25) is 0 Å². The van der Waals surface area contributed by atoms with Gasteiger partial charge in [-0.1, -0.05) is 36.4 Å². The molecule has 3 amide bonds. The number of anilines is 4. The molecule has 0 fully saturated rings. The third-order valence-electron chi connectivity index (χ3n) is 8.71. The van der Waals surface area contributed by atoms with Crippen molar-refractivity contribution >= 4 is 46.4 Å². The second kappa shape index (κ2) is 16.8. The molecular weight excluding hydrogens is 786 g/mol. The Morgan fingerprint density at radius 3 is 1.58 bits per heavy atom. The first-order chi connectivity index (χ1) is 28.0. The van der Waals surface area contributed by atoms with Crippen molar-refractivity contribution in [3.63, 3.8) is 0 Å². The third-order valence-corrected chi connectivity index (χ3v) is 8.71. The summed E-state index contributed by atoms with van der Waals surface area (Å²) in [5.74, 6) is -2.46. The molecule has 0 saturated carbocycles. The number of aromatic carboxylic acids is 1. The normalized spacial score (nSPS) is 13.1. The molecule has 0 bridgehead atoms. The summed E-state index contributed by atoms with van der Waals surface area (Å²) in [5.41, 5.74) is 7.08. The number of hydrogen-bond donors (Lipinski definition) is 3. The largest absolute Gasteiger partial charge is 0.476 e. The highest BCUT2D eigenvalue weighted by molar-refractivity contribution is 6.16. The topological polar surface area (TPSA) is 185 Å². The molecule has 2 aromatic heterocycles. The van der Waals surface area contributed by atoms with Crippen LogP contribution >= 0.6 is 0 Å². The Morgan fingerprint density at radius 1 is 0.644 bits per heavy atom. The molecule has 59 heavy (non-hydrogen) atoms. The van der Waals surface area contributed by atoms with Crippen molar-refractivity contribution in [3.05, 3.63) is 167 Å². The summed E-state index contributed by atoms with van der Waals surface area (Å²) in [5, 5.41) is 10.9. The molecule has 0 aliphatic carbocycles. The Hall–Kier alpha value is -7.70. The van der Waals surface area contributed by atoms with E-state index in [2.05, 4.69) is 25.3 Å². The number of carboxylic acids is 1. The fraction of sp³-hybridized carbons (Fsp3) is 0.100. The van der Waals surface area contributed by atoms with Gasteiger partial charge in [0.05, 0.1) is 53.4 Å². The van der Waals surface area contributed by atoms with Crippen LogP contribution in [0.25, 0.3) is 0 Å². The van der Waals surface area contributed by atoms with E-state index in [0.717, 1.165) is 29.8 Å². The molecule has 4 aromatic carbocycles. The number of carbonyl (C=O) groups is 4. The van der Waals surface area contributed by atoms with Crippen molar-refractivity contribution in [1.29, 1.82) is 0 Å². The van der Waals surface area contributed by atoms with Crippen LogP contribution in [0, 0.1) is 0 Å². The number of nitrogen functional groups attached to an aromatic ring is 1. The Morgan fingerprint density at radius 2 is 1.12 bits per heavy atom. The van der Waals surface area contributed by atoms with Gasteiger partial charge in [-0.2, -0.15) is 26.3 Å². The van der Waals surface area contributed by atoms with E-state index in [-0.39, 0.29) is 53.0 Å². The Balaban J connectivity index is 0.000000169. The number of hydrogen-bond acceptors (Lipinski definition) is 9. The molecule has 0 spiro atoms. The van der Waals surface area contributed by atoms with Crippen LogP contribution in [0.4, 0.5) is 49.1 Å². The quantitative estimate of drug-likeness (QED) is 0.116. The van der Waals surface area contributed by atoms with Crippen molar-refractivity contribution in [2.75, 3.05) is 20.9 Å². The lowest BCUT2D eigenvalue weighted by Gasteiger charge is -2.17. The van der Waals surface area contributed by atoms with Gasteiger partial charge < -0.3 is 26.0 Å². The average Bonchev–Trinajstić information content (AvgIpc) is 3.75. The molecule has 8 rings (SSSR count). The highest BCUT2D eigenvalue weighted by Gasteiger charge is 2.36. The zero-order valence-electron chi connectivity index (χ0n) is 30.1. The van der Waals surface area contributed by atoms with Gasteiger partial charge in [-0.15, -0.1) is 0 Å². The standard InChI is InChI=1S/C20H13F3N4O2.C15H11F3N2O.C5H4N2O2/c21-20(22,23)13-4-2-5-14(9-13)27-11-12-3-1-6-15(17(12)19(27)29)26-18(28)16-10-24-7-8-25-16;16-15(17,18)10-4-2-5-11(7-10)20-8-9-3-1-6-12(19)13(9)14(20)21;8-5(9)4-3-6-1-2-7-4/h1-10H,11H2,(H,26,28);1-7H,8,19H2;1-3H,(H,8,9). The fourth-order valence-corrected chi connectivity index (χ4v) is 5.98. The number of benzene rings is 4. The maximum absolute atomic E-state index is 13.0. The number of aromatic nitrogens is 4. The number of carbonyl (C=O) groups excluding carboxylic acids is 3. The van der Waals surface area contributed by atoms with E-state index in [1.165, 1.54) is 71.2 Å². The van der Waals surface area contributed by atoms with Gasteiger partial charge in [-0.25, -0.2) is 14.8 Å². The van der Waals surface area contributed by atoms with Crippen LogP contribution in [-0.2, 0) is 25.4 Å². The van der Waals surface area contributed by atoms with E-state index >= 15 is 0 Å². The Labute approximate surface area is 329 Å². The summed E-state index contributed by atoms with van der Waals surface area (Å²) in [6.45, 7) is 0.324. The number of carboxylic acid groups (broad SMARTS) is 1. The third kappa shape index (κ3) is 9.30. The van der Waals surface area contributed by atoms with Crippen molar-refractivity contribution in [3.8, 4) is 0 Å². The highest BCUT2D eigenvalue weighted by atomic mass is 19.4. The van der Waals surface area contributed by atoms with Gasteiger partial charge >= 0.3 is 18.3 Å². The summed E-state index contributed by atoms with van der Waals surface area (Å²) in [6, 6.07) is 19.3. The van der Waals surface area contributed by atoms with Crippen molar-refractivity contribution in [2.24, 2.45) is 0 Å². The number of amides is 3. The summed E-state index contributed by atoms with van der Waals surface area (Å²) in [4.78, 5) is 65.1. The molecule has 0 unspecified atom stereocenters. The van der Waals surface area contributed by atoms with Gasteiger partial charge in [0.15, 0.2) is 5.69 Å². The lowest BCUT2D eigenvalue weighted by molar-refractivity contribution is -0.138. The molecule has 2 aliphatic heterocycles. The maximum Gasteiger partial charge on any atom is 0.416 e. The lowest BCUT2D eigenvalue weighted by atomic mass is 10.1. The minimum atomic E-state index is -4.51. The van der Waals surface area contributed by atoms with Crippen LogP contribution in [-0.4, -0.2) is 48.7 Å². The number of alkyl halides is 6.